The normalized spacial score (nSPS) is 11.2. The van der Waals surface area contributed by atoms with Crippen LogP contribution in [0, 0.1) is 0 Å². The number of aliphatic hydroxyl groups is 1. The van der Waals surface area contributed by atoms with Crippen LogP contribution in [0.1, 0.15) is 142 Å². The van der Waals surface area contributed by atoms with Crippen molar-refractivity contribution in [2.45, 2.75) is 154 Å². The van der Waals surface area contributed by atoms with Gasteiger partial charge in [-0.05, 0) is 32.6 Å². The van der Waals surface area contributed by atoms with Gasteiger partial charge in [0.25, 0.3) is 0 Å². The average molecular weight is 1030 g/mol. The number of aliphatic hydroxyl groups excluding tert-OH is 1. The summed E-state index contributed by atoms with van der Waals surface area (Å²) in [4.78, 5) is 89.6. The number of ether oxygens (including phenoxy) is 4. The summed E-state index contributed by atoms with van der Waals surface area (Å²) in [5, 5.41) is 35.7. The molecule has 22 nitrogen and oxygen atoms in total. The Bertz CT molecular complexity index is 1310. The maximum atomic E-state index is 12.3. The van der Waals surface area contributed by atoms with Gasteiger partial charge in [0.1, 0.15) is 19.3 Å². The van der Waals surface area contributed by atoms with E-state index in [1.807, 2.05) is 16.2 Å². The van der Waals surface area contributed by atoms with E-state index in [2.05, 4.69) is 44.5 Å². The quantitative estimate of drug-likeness (QED) is 0.0237. The summed E-state index contributed by atoms with van der Waals surface area (Å²) in [5.41, 5.74) is 9.67. The zero-order valence-electron chi connectivity index (χ0n) is 41.7. The van der Waals surface area contributed by atoms with Crippen LogP contribution in [0.5, 0.6) is 0 Å². The first kappa shape index (κ1) is 72.0. The Balaban J connectivity index is -0.00000131. The lowest BCUT2D eigenvalue weighted by Crippen LogP contribution is -2.41. The predicted molar refractivity (Wildman–Crippen MR) is 270 cm³/mol. The highest BCUT2D eigenvalue weighted by Gasteiger charge is 2.20. The second kappa shape index (κ2) is 57.0. The van der Waals surface area contributed by atoms with E-state index in [0.29, 0.717) is 32.7 Å². The lowest BCUT2D eigenvalue weighted by molar-refractivity contribution is -0.142. The molecule has 0 saturated heterocycles. The van der Waals surface area contributed by atoms with Gasteiger partial charge < -0.3 is 67.0 Å². The third-order valence-electron chi connectivity index (χ3n) is 9.24. The molecular formula is C45H90N7O15PS. The van der Waals surface area contributed by atoms with E-state index >= 15 is 0 Å². The van der Waals surface area contributed by atoms with Crippen molar-refractivity contribution >= 4 is 69.1 Å². The maximum Gasteiger partial charge on any atom is 0.326 e. The summed E-state index contributed by atoms with van der Waals surface area (Å²) in [5.74, 6) is -3.41. The monoisotopic (exact) mass is 1030 g/mol. The van der Waals surface area contributed by atoms with E-state index in [1.54, 1.807) is 6.92 Å². The number of thiol groups is 1. The molecular weight excluding hydrogens is 942 g/mol. The van der Waals surface area contributed by atoms with E-state index in [-0.39, 0.29) is 114 Å². The summed E-state index contributed by atoms with van der Waals surface area (Å²) >= 11 is 3.51. The number of unbranched alkanes of at least 4 members (excludes halogenated alkanes) is 14. The summed E-state index contributed by atoms with van der Waals surface area (Å²) in [7, 11) is 3.01. The fourth-order valence-corrected chi connectivity index (χ4v) is 5.61. The number of hydrogen-bond acceptors (Lipinski definition) is 16. The van der Waals surface area contributed by atoms with Crippen molar-refractivity contribution in [2.75, 3.05) is 86.1 Å². The molecule has 0 aromatic rings. The minimum atomic E-state index is -1.18. The number of nitrogens with two attached hydrogens (primary N) is 2. The van der Waals surface area contributed by atoms with Crippen LogP contribution in [-0.2, 0) is 57.3 Å². The summed E-state index contributed by atoms with van der Waals surface area (Å²) in [6, 6.07) is -1.45. The fraction of sp³-hybridized carbons (Fsp3) is 0.822. The van der Waals surface area contributed by atoms with Gasteiger partial charge in [0, 0.05) is 46.0 Å². The molecule has 0 spiro atoms. The molecule has 0 fully saturated rings. The molecule has 5 amide bonds. The number of amides is 5. The van der Waals surface area contributed by atoms with Gasteiger partial charge in [0.2, 0.25) is 29.5 Å². The second-order valence-corrected chi connectivity index (χ2v) is 16.5. The summed E-state index contributed by atoms with van der Waals surface area (Å²) in [6.07, 6.45) is 17.5. The molecule has 0 rings (SSSR count). The van der Waals surface area contributed by atoms with Crippen LogP contribution in [0.25, 0.3) is 0 Å². The average Bonchev–Trinajstić information content (AvgIpc) is 3.30. The SMILES string of the molecule is CC(N)C(=O)P.CCCCNC(=O)COCCOCCNC(=O)COCCOCCNC(=O)CCC(NC(=O)CCCCCCCCCCCCCCCCC(=O)O)C(=O)O.CO.NC(=O)CNS. The van der Waals surface area contributed by atoms with E-state index < -0.39 is 23.9 Å². The maximum absolute atomic E-state index is 12.3. The highest BCUT2D eigenvalue weighted by Crippen LogP contribution is 2.14. The molecule has 0 saturated carbocycles. The Morgan fingerprint density at radius 1 is 0.565 bits per heavy atom. The first-order valence-corrected chi connectivity index (χ1v) is 25.1. The fourth-order valence-electron chi connectivity index (χ4n) is 5.45. The van der Waals surface area contributed by atoms with E-state index in [9.17, 15) is 43.5 Å². The smallest absolute Gasteiger partial charge is 0.326 e. The molecule has 0 aromatic heterocycles. The topological polar surface area (TPSA) is 346 Å². The lowest BCUT2D eigenvalue weighted by atomic mass is 10.0. The van der Waals surface area contributed by atoms with E-state index in [0.717, 1.165) is 58.5 Å². The Labute approximate surface area is 418 Å². The van der Waals surface area contributed by atoms with Gasteiger partial charge in [-0.15, -0.1) is 0 Å². The zero-order valence-corrected chi connectivity index (χ0v) is 43.8. The van der Waals surface area contributed by atoms with Gasteiger partial charge in [0.05, 0.1) is 52.2 Å². The van der Waals surface area contributed by atoms with Crippen molar-refractivity contribution in [2.24, 2.45) is 11.5 Å². The van der Waals surface area contributed by atoms with Gasteiger partial charge in [-0.2, -0.15) is 0 Å². The predicted octanol–water partition coefficient (Wildman–Crippen LogP) is 2.13. The van der Waals surface area contributed by atoms with Crippen LogP contribution in [-0.4, -0.2) is 161 Å². The summed E-state index contributed by atoms with van der Waals surface area (Å²) < 4.78 is 23.5. The van der Waals surface area contributed by atoms with Crippen molar-refractivity contribution in [3.63, 3.8) is 0 Å². The van der Waals surface area contributed by atoms with E-state index in [1.165, 1.54) is 44.9 Å². The largest absolute Gasteiger partial charge is 0.481 e. The van der Waals surface area contributed by atoms with Crippen LogP contribution in [0.2, 0.25) is 0 Å². The third-order valence-corrected chi connectivity index (χ3v) is 9.92. The van der Waals surface area contributed by atoms with Crippen molar-refractivity contribution in [3.8, 4) is 0 Å². The molecule has 0 bridgehead atoms. The molecule has 3 atom stereocenters. The highest BCUT2D eigenvalue weighted by molar-refractivity contribution is 7.78. The Hall–Kier alpha value is -3.54. The molecule has 0 radical (unpaired) electrons. The molecule has 406 valence electrons. The van der Waals surface area contributed by atoms with Crippen LogP contribution in [0.4, 0.5) is 0 Å². The van der Waals surface area contributed by atoms with Crippen LogP contribution in [0.15, 0.2) is 0 Å². The molecule has 0 aliphatic rings. The number of nitrogens with one attached hydrogen (secondary N) is 5. The van der Waals surface area contributed by atoms with Crippen molar-refractivity contribution in [1.29, 1.82) is 0 Å². The number of carbonyl (C=O) groups is 8. The van der Waals surface area contributed by atoms with Gasteiger partial charge in [-0.3, -0.25) is 38.3 Å². The number of carboxylic acid groups (broad SMARTS) is 2. The highest BCUT2D eigenvalue weighted by atomic mass is 32.1. The lowest BCUT2D eigenvalue weighted by Gasteiger charge is -2.14. The minimum Gasteiger partial charge on any atom is -0.481 e. The van der Waals surface area contributed by atoms with Gasteiger partial charge >= 0.3 is 11.9 Å². The number of carbonyl (C=O) groups excluding carboxylic acids is 6. The molecule has 24 heteroatoms. The minimum absolute atomic E-state index is 0.00957. The van der Waals surface area contributed by atoms with Crippen molar-refractivity contribution in [3.05, 3.63) is 0 Å². The molecule has 0 aliphatic heterocycles. The Kier molecular flexibility index (Phi) is 59.5. The number of aliphatic carboxylic acids is 2. The van der Waals surface area contributed by atoms with Crippen molar-refractivity contribution < 1.29 is 72.6 Å². The van der Waals surface area contributed by atoms with Crippen LogP contribution < -0.4 is 37.5 Å². The number of carboxylic acids is 2. The number of primary amides is 1. The molecule has 3 unspecified atom stereocenters. The van der Waals surface area contributed by atoms with E-state index in [4.69, 9.17) is 34.9 Å². The first-order chi connectivity index (χ1) is 33.1. The molecule has 69 heavy (non-hydrogen) atoms. The van der Waals surface area contributed by atoms with Gasteiger partial charge in [0.15, 0.2) is 5.52 Å². The van der Waals surface area contributed by atoms with Gasteiger partial charge in [-0.25, -0.2) is 4.79 Å². The molecule has 12 N–H and O–H groups in total. The molecule has 0 aromatic carbocycles. The Morgan fingerprint density at radius 2 is 0.957 bits per heavy atom. The summed E-state index contributed by atoms with van der Waals surface area (Å²) in [6.45, 7) is 6.35. The van der Waals surface area contributed by atoms with Crippen molar-refractivity contribution in [1.82, 2.24) is 26.0 Å². The standard InChI is InChI=1S/C39H72N4O12.C3H8NOP.C2H6N2OS.CH4O/c1-2-3-22-40-36(46)31-54-29-28-53-26-24-42-37(47)32-55-30-27-52-25-23-41-34(44)21-20-33(39(50)51)43-35(45)18-16-14-12-10-8-6-4-5-7-9-11-13-15-17-19-38(48)49;1-2(4)3(5)6;3-2(5)1-4-6;1-2/h33H,2-32H2,1H3,(H,40,46)(H,41,44)(H,42,47)(H,43,45)(H,48,49)(H,50,51);2H,4,6H2,1H3;4,6H,1H2,(H2,3,5);2H,1H3. The Morgan fingerprint density at radius 3 is 1.32 bits per heavy atom. The number of hydrogen-bond donors (Lipinski definition) is 11. The van der Waals surface area contributed by atoms with Gasteiger partial charge in [-0.1, -0.05) is 112 Å². The molecule has 0 aliphatic carbocycles. The number of rotatable bonds is 44. The third kappa shape index (κ3) is 64.5. The van der Waals surface area contributed by atoms with Crippen LogP contribution >= 0.6 is 22.1 Å². The second-order valence-electron chi connectivity index (χ2n) is 15.6. The molecule has 0 heterocycles. The van der Waals surface area contributed by atoms with Crippen LogP contribution in [0.3, 0.4) is 0 Å². The first-order valence-electron chi connectivity index (χ1n) is 24.1. The zero-order chi connectivity index (χ0) is 52.8.